The minimum Gasteiger partial charge on any atom is -0.493 e. The number of nitrogens with one attached hydrogen (secondary N) is 1. The number of carbonyl (C=O) groups is 1. The van der Waals surface area contributed by atoms with Crippen LogP contribution in [-0.2, 0) is 4.79 Å². The Morgan fingerprint density at radius 1 is 1.22 bits per heavy atom. The Hall–Kier alpha value is -1.51. The van der Waals surface area contributed by atoms with Gasteiger partial charge in [-0.1, -0.05) is 19.3 Å². The van der Waals surface area contributed by atoms with Crippen LogP contribution in [0.2, 0.25) is 0 Å². The molecule has 1 aliphatic carbocycles. The molecular weight excluding hydrogens is 226 g/mol. The maximum atomic E-state index is 10.9. The number of ether oxygens (including phenoxy) is 1. The highest BCUT2D eigenvalue weighted by Gasteiger charge is 2.13. The first-order valence-corrected chi connectivity index (χ1v) is 6.74. The van der Waals surface area contributed by atoms with Crippen molar-refractivity contribution in [1.29, 1.82) is 0 Å². The van der Waals surface area contributed by atoms with Gasteiger partial charge in [-0.05, 0) is 43.0 Å². The summed E-state index contributed by atoms with van der Waals surface area (Å²) in [5, 5.41) is 2.74. The van der Waals surface area contributed by atoms with Crippen LogP contribution in [0.5, 0.6) is 5.75 Å². The molecule has 1 aromatic carbocycles. The fourth-order valence-corrected chi connectivity index (χ4v) is 2.41. The van der Waals surface area contributed by atoms with E-state index >= 15 is 0 Å². The van der Waals surface area contributed by atoms with Gasteiger partial charge in [-0.15, -0.1) is 0 Å². The zero-order valence-corrected chi connectivity index (χ0v) is 10.9. The molecule has 1 N–H and O–H groups in total. The highest BCUT2D eigenvalue weighted by Crippen LogP contribution is 2.25. The molecule has 0 aromatic heterocycles. The van der Waals surface area contributed by atoms with Gasteiger partial charge in [0.2, 0.25) is 5.91 Å². The standard InChI is InChI=1S/C15H21NO2/c1-12(17)16-14-7-9-15(10-8-14)18-11-13-5-3-2-4-6-13/h7-10,13H,2-6,11H2,1H3,(H,16,17). The molecule has 2 rings (SSSR count). The second-order valence-electron chi connectivity index (χ2n) is 5.02. The van der Waals surface area contributed by atoms with E-state index in [4.69, 9.17) is 4.74 Å². The summed E-state index contributed by atoms with van der Waals surface area (Å²) in [6.07, 6.45) is 6.65. The van der Waals surface area contributed by atoms with Crippen molar-refractivity contribution in [3.05, 3.63) is 24.3 Å². The maximum Gasteiger partial charge on any atom is 0.221 e. The number of benzene rings is 1. The van der Waals surface area contributed by atoms with Gasteiger partial charge in [0.25, 0.3) is 0 Å². The summed E-state index contributed by atoms with van der Waals surface area (Å²) in [5.74, 6) is 1.55. The van der Waals surface area contributed by atoms with E-state index in [1.54, 1.807) is 0 Å². The average molecular weight is 247 g/mol. The summed E-state index contributed by atoms with van der Waals surface area (Å²) in [7, 11) is 0. The van der Waals surface area contributed by atoms with Crippen molar-refractivity contribution < 1.29 is 9.53 Å². The van der Waals surface area contributed by atoms with Gasteiger partial charge in [0.05, 0.1) is 6.61 Å². The summed E-state index contributed by atoms with van der Waals surface area (Å²) in [4.78, 5) is 10.9. The molecule has 0 atom stereocenters. The molecule has 3 nitrogen and oxygen atoms in total. The second-order valence-corrected chi connectivity index (χ2v) is 5.02. The first-order chi connectivity index (χ1) is 8.74. The number of hydrogen-bond acceptors (Lipinski definition) is 2. The van der Waals surface area contributed by atoms with E-state index < -0.39 is 0 Å². The van der Waals surface area contributed by atoms with Crippen LogP contribution < -0.4 is 10.1 Å². The van der Waals surface area contributed by atoms with E-state index in [0.29, 0.717) is 5.92 Å². The van der Waals surface area contributed by atoms with Gasteiger partial charge in [0.15, 0.2) is 0 Å². The highest BCUT2D eigenvalue weighted by molar-refractivity contribution is 5.88. The van der Waals surface area contributed by atoms with Crippen molar-refractivity contribution in [2.45, 2.75) is 39.0 Å². The van der Waals surface area contributed by atoms with Crippen molar-refractivity contribution in [3.63, 3.8) is 0 Å². The Morgan fingerprint density at radius 2 is 1.89 bits per heavy atom. The normalized spacial score (nSPS) is 16.3. The number of amides is 1. The van der Waals surface area contributed by atoms with Gasteiger partial charge in [-0.25, -0.2) is 0 Å². The van der Waals surface area contributed by atoms with E-state index in [9.17, 15) is 4.79 Å². The van der Waals surface area contributed by atoms with Gasteiger partial charge < -0.3 is 10.1 Å². The van der Waals surface area contributed by atoms with Gasteiger partial charge in [0.1, 0.15) is 5.75 Å². The predicted octanol–water partition coefficient (Wildman–Crippen LogP) is 3.60. The molecule has 1 fully saturated rings. The monoisotopic (exact) mass is 247 g/mol. The average Bonchev–Trinajstić information content (AvgIpc) is 2.38. The highest BCUT2D eigenvalue weighted by atomic mass is 16.5. The zero-order valence-electron chi connectivity index (χ0n) is 10.9. The lowest BCUT2D eigenvalue weighted by Gasteiger charge is -2.21. The lowest BCUT2D eigenvalue weighted by atomic mass is 9.90. The number of anilines is 1. The second kappa shape index (κ2) is 6.43. The molecule has 0 spiro atoms. The summed E-state index contributed by atoms with van der Waals surface area (Å²) in [6, 6.07) is 7.57. The molecular formula is C15H21NO2. The van der Waals surface area contributed by atoms with E-state index in [-0.39, 0.29) is 5.91 Å². The lowest BCUT2D eigenvalue weighted by molar-refractivity contribution is -0.114. The van der Waals surface area contributed by atoms with Gasteiger partial charge >= 0.3 is 0 Å². The molecule has 0 heterocycles. The summed E-state index contributed by atoms with van der Waals surface area (Å²) < 4.78 is 5.79. The third-order valence-electron chi connectivity index (χ3n) is 3.39. The quantitative estimate of drug-likeness (QED) is 0.882. The SMILES string of the molecule is CC(=O)Nc1ccc(OCC2CCCCC2)cc1. The molecule has 1 aromatic rings. The molecule has 18 heavy (non-hydrogen) atoms. The van der Waals surface area contributed by atoms with Crippen molar-refractivity contribution >= 4 is 11.6 Å². The summed E-state index contributed by atoms with van der Waals surface area (Å²) in [5.41, 5.74) is 0.813. The zero-order chi connectivity index (χ0) is 12.8. The van der Waals surface area contributed by atoms with Crippen molar-refractivity contribution in [3.8, 4) is 5.75 Å². The Kier molecular flexibility index (Phi) is 4.62. The summed E-state index contributed by atoms with van der Waals surface area (Å²) in [6.45, 7) is 2.33. The minimum atomic E-state index is -0.0501. The number of carbonyl (C=O) groups excluding carboxylic acids is 1. The van der Waals surface area contributed by atoms with Crippen molar-refractivity contribution in [2.24, 2.45) is 5.92 Å². The molecule has 0 saturated heterocycles. The van der Waals surface area contributed by atoms with Gasteiger partial charge in [0, 0.05) is 12.6 Å². The molecule has 98 valence electrons. The van der Waals surface area contributed by atoms with Crippen LogP contribution in [0.3, 0.4) is 0 Å². The molecule has 0 aliphatic heterocycles. The van der Waals surface area contributed by atoms with Crippen LogP contribution in [0, 0.1) is 5.92 Å². The smallest absolute Gasteiger partial charge is 0.221 e. The first kappa shape index (κ1) is 12.9. The Morgan fingerprint density at radius 3 is 2.50 bits per heavy atom. The van der Waals surface area contributed by atoms with Crippen LogP contribution >= 0.6 is 0 Å². The Labute approximate surface area is 109 Å². The lowest BCUT2D eigenvalue weighted by Crippen LogP contribution is -2.15. The van der Waals surface area contributed by atoms with Crippen LogP contribution in [0.15, 0.2) is 24.3 Å². The third kappa shape index (κ3) is 4.06. The van der Waals surface area contributed by atoms with Crippen molar-refractivity contribution in [1.82, 2.24) is 0 Å². The molecule has 0 bridgehead atoms. The number of rotatable bonds is 4. The van der Waals surface area contributed by atoms with Crippen LogP contribution in [-0.4, -0.2) is 12.5 Å². The molecule has 1 saturated carbocycles. The first-order valence-electron chi connectivity index (χ1n) is 6.74. The van der Waals surface area contributed by atoms with Gasteiger partial charge in [-0.3, -0.25) is 4.79 Å². The molecule has 1 amide bonds. The van der Waals surface area contributed by atoms with E-state index in [0.717, 1.165) is 18.0 Å². The third-order valence-corrected chi connectivity index (χ3v) is 3.39. The topological polar surface area (TPSA) is 38.3 Å². The number of hydrogen-bond donors (Lipinski definition) is 1. The van der Waals surface area contributed by atoms with E-state index in [1.165, 1.54) is 39.0 Å². The van der Waals surface area contributed by atoms with Crippen LogP contribution in [0.4, 0.5) is 5.69 Å². The van der Waals surface area contributed by atoms with Crippen LogP contribution in [0.1, 0.15) is 39.0 Å². The Bertz CT molecular complexity index is 380. The predicted molar refractivity (Wildman–Crippen MR) is 72.8 cm³/mol. The maximum absolute atomic E-state index is 10.9. The summed E-state index contributed by atoms with van der Waals surface area (Å²) >= 11 is 0. The fraction of sp³-hybridized carbons (Fsp3) is 0.533. The largest absolute Gasteiger partial charge is 0.493 e. The van der Waals surface area contributed by atoms with Crippen LogP contribution in [0.25, 0.3) is 0 Å². The van der Waals surface area contributed by atoms with E-state index in [2.05, 4.69) is 5.32 Å². The van der Waals surface area contributed by atoms with E-state index in [1.807, 2.05) is 24.3 Å². The van der Waals surface area contributed by atoms with Gasteiger partial charge in [-0.2, -0.15) is 0 Å². The Balaban J connectivity index is 1.80. The van der Waals surface area contributed by atoms with Crippen molar-refractivity contribution in [2.75, 3.05) is 11.9 Å². The minimum absolute atomic E-state index is 0.0501. The molecule has 0 unspecified atom stereocenters. The molecule has 1 aliphatic rings. The molecule has 0 radical (unpaired) electrons. The fourth-order valence-electron chi connectivity index (χ4n) is 2.41. The molecule has 3 heteroatoms.